The van der Waals surface area contributed by atoms with E-state index in [1.54, 1.807) is 7.11 Å². The molecule has 0 aliphatic carbocycles. The molecule has 1 aromatic heterocycles. The number of nitrogens with zero attached hydrogens (tertiary/aromatic N) is 2. The first kappa shape index (κ1) is 16.4. The zero-order valence-electron chi connectivity index (χ0n) is 12.7. The summed E-state index contributed by atoms with van der Waals surface area (Å²) in [5, 5.41) is 4.55. The minimum atomic E-state index is 0.752. The summed E-state index contributed by atoms with van der Waals surface area (Å²) in [6.45, 7) is 11.2. The van der Waals surface area contributed by atoms with Gasteiger partial charge in [-0.2, -0.15) is 0 Å². The van der Waals surface area contributed by atoms with Gasteiger partial charge in [-0.25, -0.2) is 4.98 Å². The molecule has 5 heteroatoms. The predicted octanol–water partition coefficient (Wildman–Crippen LogP) is 2.81. The van der Waals surface area contributed by atoms with Gasteiger partial charge in [-0.1, -0.05) is 13.3 Å². The maximum absolute atomic E-state index is 5.03. The van der Waals surface area contributed by atoms with Gasteiger partial charge in [0.15, 0.2) is 5.13 Å². The Labute approximate surface area is 121 Å². The van der Waals surface area contributed by atoms with Crippen LogP contribution in [0, 0.1) is 6.92 Å². The van der Waals surface area contributed by atoms with Crippen molar-refractivity contribution < 1.29 is 4.74 Å². The third kappa shape index (κ3) is 5.47. The summed E-state index contributed by atoms with van der Waals surface area (Å²) in [6.07, 6.45) is 2.46. The molecule has 19 heavy (non-hydrogen) atoms. The van der Waals surface area contributed by atoms with Crippen molar-refractivity contribution in [2.24, 2.45) is 0 Å². The van der Waals surface area contributed by atoms with Crippen molar-refractivity contribution in [3.63, 3.8) is 0 Å². The van der Waals surface area contributed by atoms with Crippen LogP contribution in [0.3, 0.4) is 0 Å². The van der Waals surface area contributed by atoms with E-state index in [4.69, 9.17) is 9.72 Å². The highest BCUT2D eigenvalue weighted by Gasteiger charge is 2.12. The fourth-order valence-corrected chi connectivity index (χ4v) is 2.95. The molecule has 0 fully saturated rings. The fourth-order valence-electron chi connectivity index (χ4n) is 1.83. The summed E-state index contributed by atoms with van der Waals surface area (Å²) in [6, 6.07) is 0. The lowest BCUT2D eigenvalue weighted by Gasteiger charge is -2.19. The van der Waals surface area contributed by atoms with Gasteiger partial charge in [-0.15, -0.1) is 11.3 Å². The van der Waals surface area contributed by atoms with Gasteiger partial charge in [-0.05, 0) is 20.3 Å². The summed E-state index contributed by atoms with van der Waals surface area (Å²) in [5.41, 5.74) is 1.15. The lowest BCUT2D eigenvalue weighted by atomic mass is 10.3. The number of thiazole rings is 1. The highest BCUT2D eigenvalue weighted by Crippen LogP contribution is 2.26. The Morgan fingerprint density at radius 2 is 2.16 bits per heavy atom. The maximum Gasteiger partial charge on any atom is 0.185 e. The molecule has 0 aromatic carbocycles. The van der Waals surface area contributed by atoms with Crippen LogP contribution < -0.4 is 10.2 Å². The maximum atomic E-state index is 5.03. The number of hydrogen-bond donors (Lipinski definition) is 1. The Balaban J connectivity index is 2.55. The van der Waals surface area contributed by atoms with Crippen LogP contribution in [0.2, 0.25) is 0 Å². The third-order valence-electron chi connectivity index (χ3n) is 3.08. The molecule has 0 unspecified atom stereocenters. The molecule has 0 aliphatic heterocycles. The molecule has 4 nitrogen and oxygen atoms in total. The molecule has 0 aliphatic rings. The van der Waals surface area contributed by atoms with Crippen molar-refractivity contribution >= 4 is 16.5 Å². The van der Waals surface area contributed by atoms with Gasteiger partial charge in [0.25, 0.3) is 0 Å². The minimum Gasteiger partial charge on any atom is -0.383 e. The highest BCUT2D eigenvalue weighted by molar-refractivity contribution is 7.15. The van der Waals surface area contributed by atoms with Crippen LogP contribution in [-0.2, 0) is 11.3 Å². The second-order valence-corrected chi connectivity index (χ2v) is 5.67. The van der Waals surface area contributed by atoms with Gasteiger partial charge in [0.1, 0.15) is 0 Å². The van der Waals surface area contributed by atoms with Crippen molar-refractivity contribution in [2.45, 2.75) is 40.2 Å². The molecule has 0 radical (unpaired) electrons. The quantitative estimate of drug-likeness (QED) is 0.671. The van der Waals surface area contributed by atoms with E-state index in [9.17, 15) is 0 Å². The Bertz CT molecular complexity index is 354. The molecule has 1 heterocycles. The average Bonchev–Trinajstić information content (AvgIpc) is 2.77. The molecule has 1 N–H and O–H groups in total. The van der Waals surface area contributed by atoms with E-state index in [-0.39, 0.29) is 0 Å². The van der Waals surface area contributed by atoms with Crippen LogP contribution in [0.1, 0.15) is 37.3 Å². The monoisotopic (exact) mass is 285 g/mol. The zero-order valence-corrected chi connectivity index (χ0v) is 13.5. The first-order valence-electron chi connectivity index (χ1n) is 7.13. The molecule has 0 bridgehead atoms. The van der Waals surface area contributed by atoms with Crippen molar-refractivity contribution in [3.05, 3.63) is 10.6 Å². The van der Waals surface area contributed by atoms with Crippen LogP contribution in [-0.4, -0.2) is 38.3 Å². The van der Waals surface area contributed by atoms with E-state index in [0.717, 1.165) is 43.6 Å². The Kier molecular flexibility index (Phi) is 8.02. The van der Waals surface area contributed by atoms with Crippen LogP contribution in [0.15, 0.2) is 0 Å². The number of ether oxygens (including phenoxy) is 1. The largest absolute Gasteiger partial charge is 0.383 e. The highest BCUT2D eigenvalue weighted by atomic mass is 32.1. The van der Waals surface area contributed by atoms with Crippen LogP contribution in [0.5, 0.6) is 0 Å². The number of rotatable bonds is 10. The second kappa shape index (κ2) is 9.28. The van der Waals surface area contributed by atoms with Crippen LogP contribution in [0.25, 0.3) is 0 Å². The van der Waals surface area contributed by atoms with Crippen LogP contribution >= 0.6 is 11.3 Å². The molecule has 1 rings (SSSR count). The number of anilines is 1. The number of methoxy groups -OCH3 is 1. The lowest BCUT2D eigenvalue weighted by Crippen LogP contribution is -2.23. The number of aromatic nitrogens is 1. The van der Waals surface area contributed by atoms with E-state index >= 15 is 0 Å². The summed E-state index contributed by atoms with van der Waals surface area (Å²) >= 11 is 1.81. The molecular formula is C14H27N3OS. The normalized spacial score (nSPS) is 10.9. The van der Waals surface area contributed by atoms with Crippen molar-refractivity contribution in [3.8, 4) is 0 Å². The zero-order chi connectivity index (χ0) is 14.1. The van der Waals surface area contributed by atoms with E-state index < -0.39 is 0 Å². The molecule has 0 spiro atoms. The standard InChI is InChI=1S/C14H27N3OS/c1-5-7-9-17(6-2)14-16-12(3)13(19-14)11-15-8-10-18-4/h15H,5-11H2,1-4H3. The molecule has 1 aromatic rings. The van der Waals surface area contributed by atoms with Gasteiger partial charge >= 0.3 is 0 Å². The van der Waals surface area contributed by atoms with Gasteiger partial charge < -0.3 is 15.0 Å². The Morgan fingerprint density at radius 1 is 1.37 bits per heavy atom. The van der Waals surface area contributed by atoms with E-state index in [1.807, 2.05) is 11.3 Å². The third-order valence-corrected chi connectivity index (χ3v) is 4.30. The van der Waals surface area contributed by atoms with E-state index in [1.165, 1.54) is 17.7 Å². The van der Waals surface area contributed by atoms with Crippen molar-refractivity contribution in [2.75, 3.05) is 38.3 Å². The summed E-state index contributed by atoms with van der Waals surface area (Å²) < 4.78 is 5.03. The first-order valence-corrected chi connectivity index (χ1v) is 7.95. The van der Waals surface area contributed by atoms with E-state index in [0.29, 0.717) is 0 Å². The van der Waals surface area contributed by atoms with Crippen molar-refractivity contribution in [1.29, 1.82) is 0 Å². The molecule has 0 saturated carbocycles. The Morgan fingerprint density at radius 3 is 2.79 bits per heavy atom. The number of hydrogen-bond acceptors (Lipinski definition) is 5. The fraction of sp³-hybridized carbons (Fsp3) is 0.786. The predicted molar refractivity (Wildman–Crippen MR) is 83.2 cm³/mol. The summed E-state index contributed by atoms with van der Waals surface area (Å²) in [4.78, 5) is 8.42. The summed E-state index contributed by atoms with van der Waals surface area (Å²) in [5.74, 6) is 0. The molecule has 0 amide bonds. The van der Waals surface area contributed by atoms with E-state index in [2.05, 4.69) is 31.0 Å². The topological polar surface area (TPSA) is 37.4 Å². The SMILES string of the molecule is CCCCN(CC)c1nc(C)c(CNCCOC)s1. The first-order chi connectivity index (χ1) is 9.22. The lowest BCUT2D eigenvalue weighted by molar-refractivity contribution is 0.199. The molecule has 0 saturated heterocycles. The number of nitrogens with one attached hydrogen (secondary N) is 1. The summed E-state index contributed by atoms with van der Waals surface area (Å²) in [7, 11) is 1.73. The smallest absolute Gasteiger partial charge is 0.185 e. The molecule has 0 atom stereocenters. The van der Waals surface area contributed by atoms with Gasteiger partial charge in [0, 0.05) is 38.2 Å². The van der Waals surface area contributed by atoms with Gasteiger partial charge in [0.2, 0.25) is 0 Å². The second-order valence-electron chi connectivity index (χ2n) is 4.61. The molecule has 110 valence electrons. The van der Waals surface area contributed by atoms with Gasteiger partial charge in [0.05, 0.1) is 12.3 Å². The van der Waals surface area contributed by atoms with Crippen LogP contribution in [0.4, 0.5) is 5.13 Å². The van der Waals surface area contributed by atoms with Crippen molar-refractivity contribution in [1.82, 2.24) is 10.3 Å². The number of aryl methyl sites for hydroxylation is 1. The minimum absolute atomic E-state index is 0.752. The van der Waals surface area contributed by atoms with Gasteiger partial charge in [-0.3, -0.25) is 0 Å². The average molecular weight is 285 g/mol. The molecular weight excluding hydrogens is 258 g/mol. The number of unbranched alkanes of at least 4 members (excludes halogenated alkanes) is 1. The Hall–Kier alpha value is -0.650.